The van der Waals surface area contributed by atoms with Crippen molar-refractivity contribution >= 4 is 0 Å². The Labute approximate surface area is 194 Å². The summed E-state index contributed by atoms with van der Waals surface area (Å²) in [6.45, 7) is 4.63. The lowest BCUT2D eigenvalue weighted by Gasteiger charge is -2.37. The summed E-state index contributed by atoms with van der Waals surface area (Å²) in [6.07, 6.45) is 24.6. The Morgan fingerprint density at radius 2 is 1.29 bits per heavy atom. The fourth-order valence-electron chi connectivity index (χ4n) is 7.26. The molecule has 0 amide bonds. The molecule has 0 aliphatic heterocycles. The Balaban J connectivity index is 1.22. The molecular weight excluding hydrogens is 380 g/mol. The van der Waals surface area contributed by atoms with Crippen LogP contribution in [-0.2, 0) is 0 Å². The van der Waals surface area contributed by atoms with Crippen molar-refractivity contribution in [2.45, 2.75) is 148 Å². The van der Waals surface area contributed by atoms with E-state index in [0.29, 0.717) is 11.8 Å². The average Bonchev–Trinajstić information content (AvgIpc) is 2.80. The second-order valence-electron chi connectivity index (χ2n) is 12.2. The third-order valence-corrected chi connectivity index (χ3v) is 9.67. The van der Waals surface area contributed by atoms with Gasteiger partial charge in [0, 0.05) is 0 Å². The number of rotatable bonds is 11. The van der Waals surface area contributed by atoms with Crippen LogP contribution < -0.4 is 0 Å². The topological polar surface area (TPSA) is 40.5 Å². The molecule has 2 heteroatoms. The molecule has 1 unspecified atom stereocenters. The van der Waals surface area contributed by atoms with E-state index < -0.39 is 0 Å². The molecule has 0 saturated heterocycles. The summed E-state index contributed by atoms with van der Waals surface area (Å²) in [7, 11) is 0. The van der Waals surface area contributed by atoms with E-state index in [1.165, 1.54) is 89.9 Å². The molecule has 3 aliphatic carbocycles. The van der Waals surface area contributed by atoms with Gasteiger partial charge in [-0.15, -0.1) is 0 Å². The lowest BCUT2D eigenvalue weighted by Crippen LogP contribution is -2.26. The summed E-state index contributed by atoms with van der Waals surface area (Å²) in [5.74, 6) is 4.78. The van der Waals surface area contributed by atoms with Crippen molar-refractivity contribution in [3.8, 4) is 0 Å². The smallest absolute Gasteiger partial charge is 0.0568 e. The zero-order valence-electron chi connectivity index (χ0n) is 20.9. The first-order chi connectivity index (χ1) is 15.0. The van der Waals surface area contributed by atoms with E-state index >= 15 is 0 Å². The van der Waals surface area contributed by atoms with Crippen molar-refractivity contribution in [2.24, 2.45) is 35.5 Å². The molecular formula is C29H54O2. The number of aliphatic hydroxyl groups is 2. The van der Waals surface area contributed by atoms with Crippen LogP contribution in [0.3, 0.4) is 0 Å². The normalized spacial score (nSPS) is 33.7. The van der Waals surface area contributed by atoms with Crippen molar-refractivity contribution in [2.75, 3.05) is 0 Å². The van der Waals surface area contributed by atoms with Gasteiger partial charge >= 0.3 is 0 Å². The molecule has 182 valence electrons. The van der Waals surface area contributed by atoms with Gasteiger partial charge in [-0.25, -0.2) is 0 Å². The molecule has 0 aromatic heterocycles. The highest BCUT2D eigenvalue weighted by molar-refractivity contribution is 4.81. The molecule has 2 N–H and O–H groups in total. The summed E-state index contributed by atoms with van der Waals surface area (Å²) in [5, 5.41) is 21.2. The maximum absolute atomic E-state index is 10.7. The van der Waals surface area contributed by atoms with Crippen LogP contribution in [0.2, 0.25) is 0 Å². The molecule has 3 aliphatic rings. The van der Waals surface area contributed by atoms with E-state index in [1.807, 2.05) is 0 Å². The van der Waals surface area contributed by atoms with Crippen LogP contribution in [0.4, 0.5) is 0 Å². The Hall–Kier alpha value is -0.0800. The summed E-state index contributed by atoms with van der Waals surface area (Å²) < 4.78 is 0. The number of hydrogen-bond donors (Lipinski definition) is 2. The minimum atomic E-state index is -0.124. The van der Waals surface area contributed by atoms with Crippen LogP contribution in [0, 0.1) is 35.5 Å². The highest BCUT2D eigenvalue weighted by Crippen LogP contribution is 2.41. The van der Waals surface area contributed by atoms with Gasteiger partial charge in [-0.2, -0.15) is 0 Å². The fraction of sp³-hybridized carbons (Fsp3) is 1.00. The van der Waals surface area contributed by atoms with Crippen LogP contribution >= 0.6 is 0 Å². The van der Waals surface area contributed by atoms with E-state index in [4.69, 9.17) is 0 Å². The van der Waals surface area contributed by atoms with Gasteiger partial charge in [0.25, 0.3) is 0 Å². The average molecular weight is 435 g/mol. The maximum Gasteiger partial charge on any atom is 0.0568 e. The lowest BCUT2D eigenvalue weighted by molar-refractivity contribution is 0.0643. The fourth-order valence-corrected chi connectivity index (χ4v) is 7.26. The molecule has 2 nitrogen and oxygen atoms in total. The van der Waals surface area contributed by atoms with Gasteiger partial charge in [-0.1, -0.05) is 90.9 Å². The van der Waals surface area contributed by atoms with Gasteiger partial charge in [0.15, 0.2) is 0 Å². The second-order valence-corrected chi connectivity index (χ2v) is 12.2. The Morgan fingerprint density at radius 3 is 1.97 bits per heavy atom. The van der Waals surface area contributed by atoms with E-state index in [0.717, 1.165) is 55.8 Å². The molecule has 0 bridgehead atoms. The van der Waals surface area contributed by atoms with E-state index in [-0.39, 0.29) is 12.2 Å². The van der Waals surface area contributed by atoms with Gasteiger partial charge in [0.2, 0.25) is 0 Å². The quantitative estimate of drug-likeness (QED) is 0.324. The molecule has 0 aromatic rings. The summed E-state index contributed by atoms with van der Waals surface area (Å²) in [4.78, 5) is 0. The third-order valence-electron chi connectivity index (χ3n) is 9.67. The second kappa shape index (κ2) is 13.6. The third kappa shape index (κ3) is 8.65. The summed E-state index contributed by atoms with van der Waals surface area (Å²) in [6, 6.07) is 0. The monoisotopic (exact) mass is 434 g/mol. The first-order valence-electron chi connectivity index (χ1n) is 14.4. The zero-order valence-corrected chi connectivity index (χ0v) is 20.9. The molecule has 3 fully saturated rings. The van der Waals surface area contributed by atoms with Crippen LogP contribution in [0.15, 0.2) is 0 Å². The highest BCUT2D eigenvalue weighted by atomic mass is 16.3. The molecule has 3 rings (SSSR count). The Morgan fingerprint density at radius 1 is 0.677 bits per heavy atom. The van der Waals surface area contributed by atoms with Crippen LogP contribution in [0.25, 0.3) is 0 Å². The Kier molecular flexibility index (Phi) is 11.2. The molecule has 0 radical (unpaired) electrons. The van der Waals surface area contributed by atoms with Gasteiger partial charge in [-0.05, 0) is 80.5 Å². The molecule has 3 atom stereocenters. The number of aliphatic hydroxyl groups excluding tert-OH is 2. The molecule has 0 heterocycles. The van der Waals surface area contributed by atoms with E-state index in [2.05, 4.69) is 13.8 Å². The molecule has 31 heavy (non-hydrogen) atoms. The standard InChI is InChI=1S/C29H54O2/c1-22-13-17-27(18-14-22)29(31)12-8-4-7-11-28(30)23(2)21-24-15-19-26(20-16-24)25-9-5-3-6-10-25/h22-31H,3-21H2,1-2H3/t22?,23?,24?,26?,27?,28-,29+/m1/s1. The summed E-state index contributed by atoms with van der Waals surface area (Å²) >= 11 is 0. The first kappa shape index (κ1) is 25.5. The molecule has 3 saturated carbocycles. The van der Waals surface area contributed by atoms with Crippen molar-refractivity contribution in [3.05, 3.63) is 0 Å². The number of unbranched alkanes of at least 4 members (excludes halogenated alkanes) is 2. The van der Waals surface area contributed by atoms with Crippen molar-refractivity contribution in [3.63, 3.8) is 0 Å². The van der Waals surface area contributed by atoms with Crippen LogP contribution in [0.5, 0.6) is 0 Å². The minimum Gasteiger partial charge on any atom is -0.393 e. The van der Waals surface area contributed by atoms with Crippen molar-refractivity contribution < 1.29 is 10.2 Å². The van der Waals surface area contributed by atoms with Gasteiger partial charge in [0.05, 0.1) is 12.2 Å². The van der Waals surface area contributed by atoms with Crippen molar-refractivity contribution in [1.29, 1.82) is 0 Å². The van der Waals surface area contributed by atoms with E-state index in [9.17, 15) is 10.2 Å². The predicted octanol–water partition coefficient (Wildman–Crippen LogP) is 7.90. The van der Waals surface area contributed by atoms with Crippen molar-refractivity contribution in [1.82, 2.24) is 0 Å². The zero-order chi connectivity index (χ0) is 22.1. The minimum absolute atomic E-state index is 0.0833. The van der Waals surface area contributed by atoms with Gasteiger partial charge in [-0.3, -0.25) is 0 Å². The van der Waals surface area contributed by atoms with Gasteiger partial charge in [0.1, 0.15) is 0 Å². The largest absolute Gasteiger partial charge is 0.393 e. The van der Waals surface area contributed by atoms with E-state index in [1.54, 1.807) is 0 Å². The van der Waals surface area contributed by atoms with Crippen LogP contribution in [0.1, 0.15) is 136 Å². The highest BCUT2D eigenvalue weighted by Gasteiger charge is 2.30. The first-order valence-corrected chi connectivity index (χ1v) is 14.4. The van der Waals surface area contributed by atoms with Gasteiger partial charge < -0.3 is 10.2 Å². The van der Waals surface area contributed by atoms with Crippen LogP contribution in [-0.4, -0.2) is 22.4 Å². The SMILES string of the molecule is CC1CCC([C@@H](O)CCCCC[C@@H](O)C(C)CC2CCC(C3CCCCC3)CC2)CC1. The molecule has 0 aromatic carbocycles. The molecule has 0 spiro atoms. The summed E-state index contributed by atoms with van der Waals surface area (Å²) in [5.41, 5.74) is 0. The number of hydrogen-bond acceptors (Lipinski definition) is 2. The predicted molar refractivity (Wildman–Crippen MR) is 132 cm³/mol. The lowest BCUT2D eigenvalue weighted by atomic mass is 9.69. The Bertz CT molecular complexity index is 455. The maximum atomic E-state index is 10.7.